The van der Waals surface area contributed by atoms with Crippen LogP contribution < -0.4 is 4.74 Å². The summed E-state index contributed by atoms with van der Waals surface area (Å²) in [6, 6.07) is 23.1. The lowest BCUT2D eigenvalue weighted by Gasteiger charge is -2.03. The average molecular weight is 273 g/mol. The second kappa shape index (κ2) is 4.67. The third kappa shape index (κ3) is 1.88. The molecule has 0 fully saturated rings. The van der Waals surface area contributed by atoms with Crippen LogP contribution in [0.5, 0.6) is 5.75 Å². The fraction of sp³-hybridized carbons (Fsp3) is 0.0526. The lowest BCUT2D eigenvalue weighted by Crippen LogP contribution is -1.80. The number of rotatable bonds is 2. The fourth-order valence-electron chi connectivity index (χ4n) is 2.89. The van der Waals surface area contributed by atoms with Crippen LogP contribution in [0.25, 0.3) is 32.9 Å². The Bertz CT molecular complexity index is 922. The summed E-state index contributed by atoms with van der Waals surface area (Å²) < 4.78 is 5.31. The Balaban J connectivity index is 2.05. The molecule has 0 radical (unpaired) electrons. The minimum Gasteiger partial charge on any atom is -0.497 e. The van der Waals surface area contributed by atoms with E-state index in [9.17, 15) is 0 Å². The van der Waals surface area contributed by atoms with E-state index in [4.69, 9.17) is 4.74 Å². The van der Waals surface area contributed by atoms with Gasteiger partial charge in [-0.05, 0) is 17.7 Å². The Morgan fingerprint density at radius 3 is 2.48 bits per heavy atom. The van der Waals surface area contributed by atoms with Crippen molar-refractivity contribution in [2.24, 2.45) is 0 Å². The van der Waals surface area contributed by atoms with E-state index in [0.717, 1.165) is 11.3 Å². The molecule has 0 amide bonds. The van der Waals surface area contributed by atoms with E-state index < -0.39 is 0 Å². The van der Waals surface area contributed by atoms with Crippen molar-refractivity contribution < 1.29 is 4.74 Å². The van der Waals surface area contributed by atoms with Crippen LogP contribution in [0.15, 0.2) is 66.7 Å². The second-order valence-corrected chi connectivity index (χ2v) is 5.13. The maximum atomic E-state index is 5.31. The molecule has 0 aliphatic carbocycles. The monoisotopic (exact) mass is 273 g/mol. The van der Waals surface area contributed by atoms with Gasteiger partial charge in [0.25, 0.3) is 0 Å². The molecule has 0 aliphatic rings. The first kappa shape index (κ1) is 12.0. The first-order valence-corrected chi connectivity index (χ1v) is 7.01. The van der Waals surface area contributed by atoms with Gasteiger partial charge in [0.1, 0.15) is 5.75 Å². The number of fused-ring (bicyclic) bond motifs is 3. The summed E-state index contributed by atoms with van der Waals surface area (Å²) in [7, 11) is 1.69. The molecule has 2 heteroatoms. The number of aromatic amines is 1. The Morgan fingerprint density at radius 1 is 0.810 bits per heavy atom. The molecule has 0 saturated heterocycles. The molecule has 0 spiro atoms. The Morgan fingerprint density at radius 2 is 1.67 bits per heavy atom. The SMILES string of the molecule is COc1ccc2c(c1)[nH]c1c(-c3ccccc3)cccc12. The van der Waals surface area contributed by atoms with Crippen molar-refractivity contribution in [3.05, 3.63) is 66.7 Å². The van der Waals surface area contributed by atoms with Gasteiger partial charge in [-0.25, -0.2) is 0 Å². The molecule has 0 saturated carbocycles. The summed E-state index contributed by atoms with van der Waals surface area (Å²) >= 11 is 0. The minimum atomic E-state index is 0.871. The van der Waals surface area contributed by atoms with Gasteiger partial charge in [-0.3, -0.25) is 0 Å². The number of nitrogens with one attached hydrogen (secondary N) is 1. The molecule has 102 valence electrons. The summed E-state index contributed by atoms with van der Waals surface area (Å²) in [6.45, 7) is 0. The Kier molecular flexibility index (Phi) is 2.68. The zero-order valence-corrected chi connectivity index (χ0v) is 11.8. The second-order valence-electron chi connectivity index (χ2n) is 5.13. The average Bonchev–Trinajstić information content (AvgIpc) is 2.93. The van der Waals surface area contributed by atoms with E-state index in [-0.39, 0.29) is 0 Å². The Labute approximate surface area is 123 Å². The minimum absolute atomic E-state index is 0.871. The summed E-state index contributed by atoms with van der Waals surface area (Å²) in [6.07, 6.45) is 0. The highest BCUT2D eigenvalue weighted by Crippen LogP contribution is 2.34. The van der Waals surface area contributed by atoms with E-state index in [1.165, 1.54) is 27.4 Å². The molecular weight excluding hydrogens is 258 g/mol. The van der Waals surface area contributed by atoms with E-state index in [1.807, 2.05) is 18.2 Å². The van der Waals surface area contributed by atoms with Crippen molar-refractivity contribution in [2.75, 3.05) is 7.11 Å². The third-order valence-electron chi connectivity index (χ3n) is 3.93. The molecule has 0 aliphatic heterocycles. The highest BCUT2D eigenvalue weighted by Gasteiger charge is 2.09. The molecule has 3 aromatic carbocycles. The van der Waals surface area contributed by atoms with E-state index in [1.54, 1.807) is 7.11 Å². The van der Waals surface area contributed by atoms with Crippen LogP contribution in [0.2, 0.25) is 0 Å². The molecule has 1 aromatic heterocycles. The number of methoxy groups -OCH3 is 1. The number of ether oxygens (including phenoxy) is 1. The van der Waals surface area contributed by atoms with Gasteiger partial charge >= 0.3 is 0 Å². The molecule has 2 nitrogen and oxygen atoms in total. The number of H-pyrrole nitrogens is 1. The number of para-hydroxylation sites is 1. The van der Waals surface area contributed by atoms with Crippen LogP contribution in [-0.2, 0) is 0 Å². The van der Waals surface area contributed by atoms with Crippen molar-refractivity contribution in [3.63, 3.8) is 0 Å². The van der Waals surface area contributed by atoms with Gasteiger partial charge in [0.05, 0.1) is 18.1 Å². The van der Waals surface area contributed by atoms with Gasteiger partial charge < -0.3 is 9.72 Å². The van der Waals surface area contributed by atoms with Crippen molar-refractivity contribution in [1.82, 2.24) is 4.98 Å². The number of hydrogen-bond donors (Lipinski definition) is 1. The largest absolute Gasteiger partial charge is 0.497 e. The van der Waals surface area contributed by atoms with Crippen LogP contribution in [0.1, 0.15) is 0 Å². The fourth-order valence-corrected chi connectivity index (χ4v) is 2.89. The predicted molar refractivity (Wildman–Crippen MR) is 87.8 cm³/mol. The zero-order valence-electron chi connectivity index (χ0n) is 11.8. The number of hydrogen-bond acceptors (Lipinski definition) is 1. The van der Waals surface area contributed by atoms with Gasteiger partial charge in [-0.1, -0.05) is 48.5 Å². The van der Waals surface area contributed by atoms with E-state index in [2.05, 4.69) is 53.5 Å². The molecule has 4 aromatic rings. The van der Waals surface area contributed by atoms with Crippen LogP contribution in [0.3, 0.4) is 0 Å². The number of aromatic nitrogens is 1. The van der Waals surface area contributed by atoms with Gasteiger partial charge in [-0.15, -0.1) is 0 Å². The van der Waals surface area contributed by atoms with Gasteiger partial charge in [0, 0.05) is 22.4 Å². The topological polar surface area (TPSA) is 25.0 Å². The lowest BCUT2D eigenvalue weighted by atomic mass is 10.0. The van der Waals surface area contributed by atoms with E-state index >= 15 is 0 Å². The van der Waals surface area contributed by atoms with Crippen LogP contribution in [0, 0.1) is 0 Å². The maximum absolute atomic E-state index is 5.31. The number of benzene rings is 3. The van der Waals surface area contributed by atoms with Gasteiger partial charge in [0.2, 0.25) is 0 Å². The smallest absolute Gasteiger partial charge is 0.120 e. The highest BCUT2D eigenvalue weighted by atomic mass is 16.5. The first-order valence-electron chi connectivity index (χ1n) is 7.01. The first-order chi connectivity index (χ1) is 10.4. The van der Waals surface area contributed by atoms with Gasteiger partial charge in [-0.2, -0.15) is 0 Å². The zero-order chi connectivity index (χ0) is 14.2. The lowest BCUT2D eigenvalue weighted by molar-refractivity contribution is 0.415. The summed E-state index contributed by atoms with van der Waals surface area (Å²) in [5.74, 6) is 0.871. The molecule has 1 heterocycles. The molecule has 0 bridgehead atoms. The van der Waals surface area contributed by atoms with Gasteiger partial charge in [0.15, 0.2) is 0 Å². The maximum Gasteiger partial charge on any atom is 0.120 e. The Hall–Kier alpha value is -2.74. The molecular formula is C19H15NO. The summed E-state index contributed by atoms with van der Waals surface area (Å²) in [4.78, 5) is 3.54. The van der Waals surface area contributed by atoms with Crippen molar-refractivity contribution in [1.29, 1.82) is 0 Å². The van der Waals surface area contributed by atoms with E-state index in [0.29, 0.717) is 0 Å². The molecule has 0 unspecified atom stereocenters. The molecule has 0 atom stereocenters. The molecule has 4 rings (SSSR count). The predicted octanol–water partition coefficient (Wildman–Crippen LogP) is 5.00. The van der Waals surface area contributed by atoms with Crippen LogP contribution in [-0.4, -0.2) is 12.1 Å². The summed E-state index contributed by atoms with van der Waals surface area (Å²) in [5, 5.41) is 2.47. The normalized spacial score (nSPS) is 11.1. The molecule has 21 heavy (non-hydrogen) atoms. The van der Waals surface area contributed by atoms with Crippen LogP contribution >= 0.6 is 0 Å². The van der Waals surface area contributed by atoms with Crippen molar-refractivity contribution in [3.8, 4) is 16.9 Å². The summed E-state index contributed by atoms with van der Waals surface area (Å²) in [5.41, 5.74) is 4.73. The quantitative estimate of drug-likeness (QED) is 0.546. The van der Waals surface area contributed by atoms with Crippen molar-refractivity contribution in [2.45, 2.75) is 0 Å². The third-order valence-corrected chi connectivity index (χ3v) is 3.93. The van der Waals surface area contributed by atoms with Crippen molar-refractivity contribution >= 4 is 21.8 Å². The molecule has 1 N–H and O–H groups in total. The standard InChI is InChI=1S/C19H15NO/c1-21-14-10-11-16-17-9-5-8-15(13-6-3-2-4-7-13)19(17)20-18(16)12-14/h2-12,20H,1H3. The van der Waals surface area contributed by atoms with Crippen LogP contribution in [0.4, 0.5) is 0 Å². The highest BCUT2D eigenvalue weighted by molar-refractivity contribution is 6.12.